The van der Waals surface area contributed by atoms with Crippen molar-refractivity contribution in [2.45, 2.75) is 31.9 Å². The first kappa shape index (κ1) is 19.6. The summed E-state index contributed by atoms with van der Waals surface area (Å²) in [5.41, 5.74) is 3.17. The summed E-state index contributed by atoms with van der Waals surface area (Å²) in [6, 6.07) is 9.93. The van der Waals surface area contributed by atoms with Gasteiger partial charge in [-0.05, 0) is 43.2 Å². The third kappa shape index (κ3) is 4.11. The summed E-state index contributed by atoms with van der Waals surface area (Å²) >= 11 is 0. The topological polar surface area (TPSA) is 80.2 Å². The molecule has 2 aliphatic heterocycles. The first-order chi connectivity index (χ1) is 15.2. The van der Waals surface area contributed by atoms with E-state index in [9.17, 15) is 9.18 Å². The Balaban J connectivity index is 1.51. The average Bonchev–Trinajstić information content (AvgIpc) is 3.34. The molecule has 1 aromatic carbocycles. The number of nitrogens with one attached hydrogen (secondary N) is 1. The van der Waals surface area contributed by atoms with Crippen LogP contribution >= 0.6 is 0 Å². The fourth-order valence-corrected chi connectivity index (χ4v) is 4.01. The van der Waals surface area contributed by atoms with E-state index in [0.29, 0.717) is 43.4 Å². The maximum absolute atomic E-state index is 13.7. The van der Waals surface area contributed by atoms with Crippen molar-refractivity contribution in [3.63, 3.8) is 0 Å². The molecular formula is C23H22FN5O2. The average molecular weight is 419 g/mol. The highest BCUT2D eigenvalue weighted by Gasteiger charge is 2.32. The molecule has 2 aliphatic rings. The molecule has 158 valence electrons. The minimum Gasteiger partial charge on any atom is -0.368 e. The van der Waals surface area contributed by atoms with Crippen molar-refractivity contribution in [3.05, 3.63) is 65.9 Å². The largest absolute Gasteiger partial charge is 0.368 e. The van der Waals surface area contributed by atoms with E-state index in [0.717, 1.165) is 29.7 Å². The normalized spacial score (nSPS) is 18.0. The highest BCUT2D eigenvalue weighted by atomic mass is 19.1. The van der Waals surface area contributed by atoms with Gasteiger partial charge in [-0.25, -0.2) is 14.4 Å². The van der Waals surface area contributed by atoms with Crippen LogP contribution in [0, 0.1) is 5.82 Å². The summed E-state index contributed by atoms with van der Waals surface area (Å²) in [7, 11) is 0. The standard InChI is InChI=1S/C23H22FN5O2/c24-16-3-1-4-17(13-16)26-22-18-14-29(23(30)20-5-2-12-31-20)11-8-19(18)27-21(28-22)15-6-9-25-10-7-15/h1,3-4,6-7,9-10,13,20H,2,5,8,11-12,14H2,(H,26,27,28)/t20-/m0/s1. The van der Waals surface area contributed by atoms with Crippen LogP contribution in [0.5, 0.6) is 0 Å². The van der Waals surface area contributed by atoms with Gasteiger partial charge in [-0.1, -0.05) is 6.07 Å². The summed E-state index contributed by atoms with van der Waals surface area (Å²) in [4.78, 5) is 28.3. The monoisotopic (exact) mass is 419 g/mol. The Morgan fingerprint density at radius 3 is 2.84 bits per heavy atom. The van der Waals surface area contributed by atoms with Crippen molar-refractivity contribution in [3.8, 4) is 11.4 Å². The van der Waals surface area contributed by atoms with E-state index in [2.05, 4.69) is 10.3 Å². The summed E-state index contributed by atoms with van der Waals surface area (Å²) in [5.74, 6) is 0.821. The fourth-order valence-electron chi connectivity index (χ4n) is 4.01. The molecule has 7 nitrogen and oxygen atoms in total. The van der Waals surface area contributed by atoms with E-state index in [1.807, 2.05) is 17.0 Å². The first-order valence-electron chi connectivity index (χ1n) is 10.4. The Morgan fingerprint density at radius 2 is 2.06 bits per heavy atom. The molecule has 0 bridgehead atoms. The highest BCUT2D eigenvalue weighted by Crippen LogP contribution is 2.30. The Labute approximate surface area is 179 Å². The van der Waals surface area contributed by atoms with Crippen LogP contribution in [0.1, 0.15) is 24.1 Å². The van der Waals surface area contributed by atoms with E-state index in [-0.39, 0.29) is 17.8 Å². The highest BCUT2D eigenvalue weighted by molar-refractivity contribution is 5.82. The zero-order valence-electron chi connectivity index (χ0n) is 16.9. The second kappa shape index (κ2) is 8.39. The number of nitrogens with zero attached hydrogens (tertiary/aromatic N) is 4. The van der Waals surface area contributed by atoms with E-state index < -0.39 is 0 Å². The van der Waals surface area contributed by atoms with Crippen LogP contribution in [-0.4, -0.2) is 45.0 Å². The van der Waals surface area contributed by atoms with Gasteiger partial charge < -0.3 is 15.0 Å². The lowest BCUT2D eigenvalue weighted by Crippen LogP contribution is -2.42. The number of benzene rings is 1. The van der Waals surface area contributed by atoms with E-state index >= 15 is 0 Å². The molecule has 2 aromatic heterocycles. The van der Waals surface area contributed by atoms with Crippen molar-refractivity contribution < 1.29 is 13.9 Å². The van der Waals surface area contributed by atoms with Gasteiger partial charge in [0.15, 0.2) is 5.82 Å². The maximum Gasteiger partial charge on any atom is 0.252 e. The summed E-state index contributed by atoms with van der Waals surface area (Å²) in [6.45, 7) is 1.60. The Hall–Kier alpha value is -3.39. The van der Waals surface area contributed by atoms with Gasteiger partial charge in [0.2, 0.25) is 0 Å². The minimum absolute atomic E-state index is 0.0121. The number of amides is 1. The number of halogens is 1. The molecule has 3 aromatic rings. The number of pyridine rings is 1. The van der Waals surface area contributed by atoms with Crippen LogP contribution in [-0.2, 0) is 22.5 Å². The molecular weight excluding hydrogens is 397 g/mol. The second-order valence-corrected chi connectivity index (χ2v) is 7.70. The Bertz CT molecular complexity index is 1100. The molecule has 8 heteroatoms. The van der Waals surface area contributed by atoms with Crippen molar-refractivity contribution >= 4 is 17.4 Å². The SMILES string of the molecule is O=C([C@@H]1CCCO1)N1CCc2nc(-c3ccncc3)nc(Nc3cccc(F)c3)c2C1. The molecule has 0 aliphatic carbocycles. The van der Waals surface area contributed by atoms with Crippen LogP contribution in [0.15, 0.2) is 48.8 Å². The van der Waals surface area contributed by atoms with Crippen LogP contribution in [0.25, 0.3) is 11.4 Å². The second-order valence-electron chi connectivity index (χ2n) is 7.70. The van der Waals surface area contributed by atoms with E-state index in [1.54, 1.807) is 24.5 Å². The molecule has 4 heterocycles. The smallest absolute Gasteiger partial charge is 0.252 e. The van der Waals surface area contributed by atoms with Gasteiger partial charge in [0, 0.05) is 48.8 Å². The van der Waals surface area contributed by atoms with Crippen molar-refractivity contribution in [1.29, 1.82) is 0 Å². The molecule has 0 saturated carbocycles. The Kier molecular flexibility index (Phi) is 5.30. The number of anilines is 2. The van der Waals surface area contributed by atoms with Gasteiger partial charge in [0.25, 0.3) is 5.91 Å². The number of hydrogen-bond acceptors (Lipinski definition) is 6. The maximum atomic E-state index is 13.7. The minimum atomic E-state index is -0.363. The molecule has 1 N–H and O–H groups in total. The number of carbonyl (C=O) groups excluding carboxylic acids is 1. The van der Waals surface area contributed by atoms with Crippen LogP contribution < -0.4 is 5.32 Å². The lowest BCUT2D eigenvalue weighted by Gasteiger charge is -2.31. The van der Waals surface area contributed by atoms with Crippen LogP contribution in [0.4, 0.5) is 15.9 Å². The molecule has 0 radical (unpaired) electrons. The number of ether oxygens (including phenoxy) is 1. The lowest BCUT2D eigenvalue weighted by atomic mass is 10.0. The zero-order chi connectivity index (χ0) is 21.2. The Morgan fingerprint density at radius 1 is 1.19 bits per heavy atom. The molecule has 5 rings (SSSR count). The molecule has 31 heavy (non-hydrogen) atoms. The third-order valence-electron chi connectivity index (χ3n) is 5.60. The number of fused-ring (bicyclic) bond motifs is 1. The van der Waals surface area contributed by atoms with Gasteiger partial charge in [-0.3, -0.25) is 9.78 Å². The predicted octanol–water partition coefficient (Wildman–Crippen LogP) is 3.49. The van der Waals surface area contributed by atoms with Crippen molar-refractivity contribution in [2.24, 2.45) is 0 Å². The van der Waals surface area contributed by atoms with Crippen LogP contribution in [0.2, 0.25) is 0 Å². The number of carbonyl (C=O) groups is 1. The lowest BCUT2D eigenvalue weighted by molar-refractivity contribution is -0.141. The molecule has 1 fully saturated rings. The van der Waals surface area contributed by atoms with Gasteiger partial charge in [-0.15, -0.1) is 0 Å². The fraction of sp³-hybridized carbons (Fsp3) is 0.304. The van der Waals surface area contributed by atoms with Gasteiger partial charge in [-0.2, -0.15) is 0 Å². The van der Waals surface area contributed by atoms with Crippen molar-refractivity contribution in [2.75, 3.05) is 18.5 Å². The zero-order valence-corrected chi connectivity index (χ0v) is 16.9. The number of aromatic nitrogens is 3. The molecule has 1 atom stereocenters. The molecule has 0 unspecified atom stereocenters. The van der Waals surface area contributed by atoms with Gasteiger partial charge >= 0.3 is 0 Å². The van der Waals surface area contributed by atoms with Gasteiger partial charge in [0.05, 0.1) is 12.2 Å². The molecule has 0 spiro atoms. The third-order valence-corrected chi connectivity index (χ3v) is 5.60. The van der Waals surface area contributed by atoms with Crippen LogP contribution in [0.3, 0.4) is 0 Å². The summed E-state index contributed by atoms with van der Waals surface area (Å²) in [6.07, 6.45) is 5.31. The molecule has 1 amide bonds. The summed E-state index contributed by atoms with van der Waals surface area (Å²) < 4.78 is 19.3. The predicted molar refractivity (Wildman–Crippen MR) is 113 cm³/mol. The van der Waals surface area contributed by atoms with Crippen molar-refractivity contribution in [1.82, 2.24) is 19.9 Å². The first-order valence-corrected chi connectivity index (χ1v) is 10.4. The molecule has 1 saturated heterocycles. The van der Waals surface area contributed by atoms with Gasteiger partial charge in [0.1, 0.15) is 17.7 Å². The summed E-state index contributed by atoms with van der Waals surface area (Å²) in [5, 5.41) is 3.24. The number of hydrogen-bond donors (Lipinski definition) is 1. The number of rotatable bonds is 4. The van der Waals surface area contributed by atoms with E-state index in [1.165, 1.54) is 12.1 Å². The quantitative estimate of drug-likeness (QED) is 0.697. The van der Waals surface area contributed by atoms with E-state index in [4.69, 9.17) is 14.7 Å².